The molecular formula is C7H14N4. The Labute approximate surface area is 66.2 Å². The van der Waals surface area contributed by atoms with Crippen molar-refractivity contribution in [1.82, 2.24) is 15.2 Å². The first kappa shape index (κ1) is 8.20. The molecule has 62 valence electrons. The Bertz CT molecular complexity index is 218. The topological polar surface area (TPSA) is 67.6 Å². The molecule has 0 aliphatic carbocycles. The highest BCUT2D eigenvalue weighted by molar-refractivity contribution is 4.96. The van der Waals surface area contributed by atoms with Gasteiger partial charge in [0.2, 0.25) is 0 Å². The maximum atomic E-state index is 5.46. The Morgan fingerprint density at radius 3 is 2.82 bits per heavy atom. The zero-order valence-corrected chi connectivity index (χ0v) is 6.96. The van der Waals surface area contributed by atoms with Gasteiger partial charge >= 0.3 is 0 Å². The minimum atomic E-state index is 0.256. The van der Waals surface area contributed by atoms with E-state index < -0.39 is 0 Å². The van der Waals surface area contributed by atoms with Gasteiger partial charge in [0.15, 0.2) is 5.82 Å². The first-order chi connectivity index (χ1) is 5.27. The van der Waals surface area contributed by atoms with Crippen LogP contribution in [-0.4, -0.2) is 21.7 Å². The summed E-state index contributed by atoms with van der Waals surface area (Å²) in [5, 5.41) is 6.90. The number of nitrogens with two attached hydrogens (primary N) is 1. The molecule has 1 rings (SSSR count). The van der Waals surface area contributed by atoms with Crippen molar-refractivity contribution < 1.29 is 0 Å². The lowest BCUT2D eigenvalue weighted by atomic mass is 10.2. The van der Waals surface area contributed by atoms with Gasteiger partial charge in [-0.1, -0.05) is 13.8 Å². The minimum Gasteiger partial charge on any atom is -0.330 e. The fourth-order valence-electron chi connectivity index (χ4n) is 0.794. The third-order valence-corrected chi connectivity index (χ3v) is 1.68. The number of nitrogens with zero attached hydrogens (tertiary/aromatic N) is 2. The molecule has 0 aliphatic rings. The molecule has 1 aromatic heterocycles. The number of nitrogens with one attached hydrogen (secondary N) is 1. The smallest absolute Gasteiger partial charge is 0.154 e. The summed E-state index contributed by atoms with van der Waals surface area (Å²) in [6.07, 6.45) is 0.893. The van der Waals surface area contributed by atoms with Crippen molar-refractivity contribution in [1.29, 1.82) is 0 Å². The second kappa shape index (κ2) is 3.48. The number of hydrogen-bond acceptors (Lipinski definition) is 3. The average Bonchev–Trinajstić information content (AvgIpc) is 2.50. The molecule has 0 fully saturated rings. The van der Waals surface area contributed by atoms with Crippen molar-refractivity contribution in [2.75, 3.05) is 6.54 Å². The van der Waals surface area contributed by atoms with E-state index in [0.717, 1.165) is 18.1 Å². The van der Waals surface area contributed by atoms with Crippen molar-refractivity contribution in [3.05, 3.63) is 11.6 Å². The Hall–Kier alpha value is -0.900. The van der Waals surface area contributed by atoms with Crippen LogP contribution in [0.5, 0.6) is 0 Å². The largest absolute Gasteiger partial charge is 0.330 e. The summed E-state index contributed by atoms with van der Waals surface area (Å²) in [7, 11) is 0. The normalized spacial score (nSPS) is 13.4. The Morgan fingerprint density at radius 2 is 2.36 bits per heavy atom. The molecule has 1 heterocycles. The van der Waals surface area contributed by atoms with E-state index in [2.05, 4.69) is 15.2 Å². The first-order valence-corrected chi connectivity index (χ1v) is 3.89. The molecule has 0 spiro atoms. The average molecular weight is 154 g/mol. The van der Waals surface area contributed by atoms with Gasteiger partial charge in [-0.2, -0.15) is 5.10 Å². The second-order valence-corrected chi connectivity index (χ2v) is 2.63. The van der Waals surface area contributed by atoms with Crippen LogP contribution in [0.1, 0.15) is 31.4 Å². The van der Waals surface area contributed by atoms with Crippen LogP contribution < -0.4 is 5.73 Å². The van der Waals surface area contributed by atoms with E-state index in [-0.39, 0.29) is 5.92 Å². The highest BCUT2D eigenvalue weighted by atomic mass is 15.2. The third kappa shape index (κ3) is 1.77. The maximum Gasteiger partial charge on any atom is 0.154 e. The molecule has 0 amide bonds. The summed E-state index contributed by atoms with van der Waals surface area (Å²) in [5.74, 6) is 2.01. The van der Waals surface area contributed by atoms with E-state index in [9.17, 15) is 0 Å². The van der Waals surface area contributed by atoms with E-state index in [1.54, 1.807) is 0 Å². The van der Waals surface area contributed by atoms with E-state index in [1.165, 1.54) is 0 Å². The molecule has 1 aromatic rings. The minimum absolute atomic E-state index is 0.256. The van der Waals surface area contributed by atoms with Crippen molar-refractivity contribution in [3.63, 3.8) is 0 Å². The maximum absolute atomic E-state index is 5.46. The molecule has 4 heteroatoms. The summed E-state index contributed by atoms with van der Waals surface area (Å²) >= 11 is 0. The zero-order valence-electron chi connectivity index (χ0n) is 6.96. The fourth-order valence-corrected chi connectivity index (χ4v) is 0.794. The number of H-pyrrole nitrogens is 1. The van der Waals surface area contributed by atoms with Crippen LogP contribution in [-0.2, 0) is 6.42 Å². The van der Waals surface area contributed by atoms with Gasteiger partial charge in [-0.05, 0) is 0 Å². The van der Waals surface area contributed by atoms with Gasteiger partial charge < -0.3 is 5.73 Å². The summed E-state index contributed by atoms with van der Waals surface area (Å²) in [6, 6.07) is 0. The molecule has 4 nitrogen and oxygen atoms in total. The predicted octanol–water partition coefficient (Wildman–Crippen LogP) is 0.429. The van der Waals surface area contributed by atoms with Gasteiger partial charge in [0.1, 0.15) is 5.82 Å². The molecule has 0 aromatic carbocycles. The number of hydrogen-bond donors (Lipinski definition) is 2. The van der Waals surface area contributed by atoms with Crippen LogP contribution >= 0.6 is 0 Å². The van der Waals surface area contributed by atoms with E-state index >= 15 is 0 Å². The van der Waals surface area contributed by atoms with Crippen molar-refractivity contribution in [2.45, 2.75) is 26.2 Å². The molecule has 3 N–H and O–H groups in total. The summed E-state index contributed by atoms with van der Waals surface area (Å²) < 4.78 is 0. The number of rotatable bonds is 3. The van der Waals surface area contributed by atoms with Gasteiger partial charge in [-0.3, -0.25) is 5.10 Å². The molecule has 0 aliphatic heterocycles. The highest BCUT2D eigenvalue weighted by Crippen LogP contribution is 2.06. The molecule has 11 heavy (non-hydrogen) atoms. The fraction of sp³-hybridized carbons (Fsp3) is 0.714. The summed E-state index contributed by atoms with van der Waals surface area (Å²) in [5.41, 5.74) is 5.46. The third-order valence-electron chi connectivity index (χ3n) is 1.68. The predicted molar refractivity (Wildman–Crippen MR) is 43.2 cm³/mol. The van der Waals surface area contributed by atoms with Gasteiger partial charge in [0.25, 0.3) is 0 Å². The van der Waals surface area contributed by atoms with E-state index in [1.807, 2.05) is 13.8 Å². The van der Waals surface area contributed by atoms with E-state index in [4.69, 9.17) is 5.73 Å². The van der Waals surface area contributed by atoms with Crippen LogP contribution in [0, 0.1) is 0 Å². The quantitative estimate of drug-likeness (QED) is 0.663. The van der Waals surface area contributed by atoms with Crippen molar-refractivity contribution in [2.24, 2.45) is 5.73 Å². The Balaban J connectivity index is 2.71. The van der Waals surface area contributed by atoms with E-state index in [0.29, 0.717) is 6.54 Å². The summed E-state index contributed by atoms with van der Waals surface area (Å²) in [4.78, 5) is 4.25. The molecule has 0 saturated carbocycles. The van der Waals surface area contributed by atoms with Crippen LogP contribution in [0.15, 0.2) is 0 Å². The Morgan fingerprint density at radius 1 is 1.64 bits per heavy atom. The lowest BCUT2D eigenvalue weighted by Crippen LogP contribution is -2.10. The SMILES string of the molecule is CCc1nc(C(C)CN)n[nH]1. The molecule has 0 saturated heterocycles. The summed E-state index contributed by atoms with van der Waals surface area (Å²) in [6.45, 7) is 4.65. The molecule has 1 atom stereocenters. The number of aromatic amines is 1. The van der Waals surface area contributed by atoms with Crippen LogP contribution in [0.25, 0.3) is 0 Å². The van der Waals surface area contributed by atoms with Gasteiger partial charge in [0.05, 0.1) is 0 Å². The molecular weight excluding hydrogens is 140 g/mol. The van der Waals surface area contributed by atoms with Crippen molar-refractivity contribution >= 4 is 0 Å². The van der Waals surface area contributed by atoms with Crippen LogP contribution in [0.4, 0.5) is 0 Å². The monoisotopic (exact) mass is 154 g/mol. The standard InChI is InChI=1S/C7H14N4/c1-3-6-9-7(11-10-6)5(2)4-8/h5H,3-4,8H2,1-2H3,(H,9,10,11). The van der Waals surface area contributed by atoms with Crippen molar-refractivity contribution in [3.8, 4) is 0 Å². The number of aryl methyl sites for hydroxylation is 1. The molecule has 1 unspecified atom stereocenters. The van der Waals surface area contributed by atoms with Crippen LogP contribution in [0.3, 0.4) is 0 Å². The lowest BCUT2D eigenvalue weighted by molar-refractivity contribution is 0.716. The lowest BCUT2D eigenvalue weighted by Gasteiger charge is -1.99. The zero-order chi connectivity index (χ0) is 8.27. The molecule has 0 bridgehead atoms. The molecule has 0 radical (unpaired) electrons. The van der Waals surface area contributed by atoms with Gasteiger partial charge in [-0.15, -0.1) is 0 Å². The Kier molecular flexibility index (Phi) is 2.59. The number of aromatic nitrogens is 3. The van der Waals surface area contributed by atoms with Gasteiger partial charge in [-0.25, -0.2) is 4.98 Å². The first-order valence-electron chi connectivity index (χ1n) is 3.89. The highest BCUT2D eigenvalue weighted by Gasteiger charge is 2.08. The second-order valence-electron chi connectivity index (χ2n) is 2.63. The van der Waals surface area contributed by atoms with Gasteiger partial charge in [0, 0.05) is 18.9 Å². The van der Waals surface area contributed by atoms with Crippen LogP contribution in [0.2, 0.25) is 0 Å².